The Kier molecular flexibility index (Phi) is 6.61. The fourth-order valence-corrected chi connectivity index (χ4v) is 5.65. The third-order valence-electron chi connectivity index (χ3n) is 5.70. The minimum atomic E-state index is -3.71. The molecule has 1 unspecified atom stereocenters. The van der Waals surface area contributed by atoms with Crippen LogP contribution >= 0.6 is 0 Å². The van der Waals surface area contributed by atoms with Gasteiger partial charge in [0.15, 0.2) is 15.6 Å². The summed E-state index contributed by atoms with van der Waals surface area (Å²) in [6, 6.07) is 20.9. The van der Waals surface area contributed by atoms with E-state index < -0.39 is 33.2 Å². The smallest absolute Gasteiger partial charge is 0.236 e. The van der Waals surface area contributed by atoms with Gasteiger partial charge in [0.25, 0.3) is 0 Å². The SMILES string of the molecule is CC(=O)Nc1ccc(CCc2ccc(NC(=O)C3CS(=O)(=O)c4ccccc4C3=O)cc2)cc1. The minimum absolute atomic E-state index is 0.0156. The molecule has 3 aromatic rings. The third-order valence-corrected chi connectivity index (χ3v) is 7.50. The zero-order valence-corrected chi connectivity index (χ0v) is 19.4. The van der Waals surface area contributed by atoms with E-state index >= 15 is 0 Å². The summed E-state index contributed by atoms with van der Waals surface area (Å²) < 4.78 is 25.1. The largest absolute Gasteiger partial charge is 0.326 e. The summed E-state index contributed by atoms with van der Waals surface area (Å²) in [4.78, 5) is 36.6. The van der Waals surface area contributed by atoms with Crippen LogP contribution in [0.25, 0.3) is 0 Å². The van der Waals surface area contributed by atoms with Crippen molar-refractivity contribution in [2.75, 3.05) is 16.4 Å². The van der Waals surface area contributed by atoms with Crippen molar-refractivity contribution in [3.05, 3.63) is 89.5 Å². The quantitative estimate of drug-likeness (QED) is 0.528. The van der Waals surface area contributed by atoms with Crippen molar-refractivity contribution in [3.8, 4) is 0 Å². The van der Waals surface area contributed by atoms with E-state index in [0.717, 1.165) is 29.7 Å². The highest BCUT2D eigenvalue weighted by atomic mass is 32.2. The second-order valence-electron chi connectivity index (χ2n) is 8.26. The molecule has 0 bridgehead atoms. The van der Waals surface area contributed by atoms with Crippen LogP contribution in [0.3, 0.4) is 0 Å². The molecule has 0 aliphatic carbocycles. The van der Waals surface area contributed by atoms with E-state index in [2.05, 4.69) is 10.6 Å². The molecule has 1 heterocycles. The lowest BCUT2D eigenvalue weighted by Crippen LogP contribution is -2.39. The number of nitrogens with one attached hydrogen (secondary N) is 2. The molecule has 0 saturated heterocycles. The van der Waals surface area contributed by atoms with E-state index in [1.54, 1.807) is 24.3 Å². The van der Waals surface area contributed by atoms with Crippen molar-refractivity contribution in [1.29, 1.82) is 0 Å². The van der Waals surface area contributed by atoms with Gasteiger partial charge in [-0.25, -0.2) is 8.42 Å². The number of sulfone groups is 1. The van der Waals surface area contributed by atoms with Crippen LogP contribution in [0.1, 0.15) is 28.4 Å². The van der Waals surface area contributed by atoms with Crippen molar-refractivity contribution in [2.24, 2.45) is 5.92 Å². The fourth-order valence-electron chi connectivity index (χ4n) is 3.94. The van der Waals surface area contributed by atoms with E-state index in [4.69, 9.17) is 0 Å². The number of anilines is 2. The molecule has 34 heavy (non-hydrogen) atoms. The van der Waals surface area contributed by atoms with E-state index in [1.165, 1.54) is 19.1 Å². The van der Waals surface area contributed by atoms with Gasteiger partial charge >= 0.3 is 0 Å². The number of amides is 2. The van der Waals surface area contributed by atoms with Crippen LogP contribution in [0.15, 0.2) is 77.7 Å². The molecule has 2 N–H and O–H groups in total. The summed E-state index contributed by atoms with van der Waals surface area (Å²) >= 11 is 0. The number of rotatable bonds is 6. The van der Waals surface area contributed by atoms with E-state index in [0.29, 0.717) is 5.69 Å². The predicted octanol–water partition coefficient (Wildman–Crippen LogP) is 3.66. The van der Waals surface area contributed by atoms with Gasteiger partial charge in [0.1, 0.15) is 5.92 Å². The van der Waals surface area contributed by atoms with Crippen molar-refractivity contribution in [1.82, 2.24) is 0 Å². The van der Waals surface area contributed by atoms with Crippen molar-refractivity contribution >= 4 is 38.8 Å². The molecule has 4 rings (SSSR count). The molecule has 7 nitrogen and oxygen atoms in total. The third kappa shape index (κ3) is 5.23. The molecule has 0 radical (unpaired) electrons. The van der Waals surface area contributed by atoms with Gasteiger partial charge in [0, 0.05) is 23.9 Å². The van der Waals surface area contributed by atoms with Gasteiger partial charge < -0.3 is 10.6 Å². The first-order chi connectivity index (χ1) is 16.2. The molecular formula is C26H24N2O5S. The molecule has 0 spiro atoms. The second kappa shape index (κ2) is 9.61. The van der Waals surface area contributed by atoms with Crippen LogP contribution in [0.5, 0.6) is 0 Å². The molecule has 1 aliphatic heterocycles. The van der Waals surface area contributed by atoms with Crippen LogP contribution in [0.4, 0.5) is 11.4 Å². The molecule has 0 fully saturated rings. The summed E-state index contributed by atoms with van der Waals surface area (Å²) in [5.74, 6) is -3.04. The first-order valence-electron chi connectivity index (χ1n) is 10.9. The lowest BCUT2D eigenvalue weighted by atomic mass is 9.97. The van der Waals surface area contributed by atoms with Gasteiger partial charge in [-0.1, -0.05) is 42.5 Å². The summed E-state index contributed by atoms with van der Waals surface area (Å²) in [6.45, 7) is 1.47. The van der Waals surface area contributed by atoms with E-state index in [-0.39, 0.29) is 16.4 Å². The number of carbonyl (C=O) groups excluding carboxylic acids is 3. The maximum absolute atomic E-state index is 12.7. The van der Waals surface area contributed by atoms with Gasteiger partial charge in [-0.15, -0.1) is 0 Å². The maximum Gasteiger partial charge on any atom is 0.236 e. The standard InChI is InChI=1S/C26H24N2O5S/c1-17(29)27-20-12-8-18(9-13-20)6-7-19-10-14-21(15-11-19)28-26(31)23-16-34(32,33)24-5-3-2-4-22(24)25(23)30/h2-5,8-15,23H,6-7,16H2,1H3,(H,27,29)(H,28,31). The van der Waals surface area contributed by atoms with Crippen molar-refractivity contribution in [3.63, 3.8) is 0 Å². The zero-order chi connectivity index (χ0) is 24.3. The Morgan fingerprint density at radius 1 is 0.824 bits per heavy atom. The number of fused-ring (bicyclic) bond motifs is 1. The zero-order valence-electron chi connectivity index (χ0n) is 18.6. The Balaban J connectivity index is 1.37. The van der Waals surface area contributed by atoms with Gasteiger partial charge in [-0.3, -0.25) is 14.4 Å². The summed E-state index contributed by atoms with van der Waals surface area (Å²) in [5, 5.41) is 5.41. The number of carbonyl (C=O) groups is 3. The molecule has 3 aromatic carbocycles. The predicted molar refractivity (Wildman–Crippen MR) is 130 cm³/mol. The summed E-state index contributed by atoms with van der Waals surface area (Å²) in [6.07, 6.45) is 1.59. The number of hydrogen-bond donors (Lipinski definition) is 2. The van der Waals surface area contributed by atoms with E-state index in [1.807, 2.05) is 36.4 Å². The fraction of sp³-hybridized carbons (Fsp3) is 0.192. The highest BCUT2D eigenvalue weighted by Crippen LogP contribution is 2.29. The molecule has 2 amide bonds. The van der Waals surface area contributed by atoms with Crippen LogP contribution in [0, 0.1) is 5.92 Å². The first-order valence-corrected chi connectivity index (χ1v) is 12.5. The Morgan fingerprint density at radius 3 is 1.91 bits per heavy atom. The number of Topliss-reactive ketones (excluding diaryl/α,β-unsaturated/α-hetero) is 1. The average Bonchev–Trinajstić information content (AvgIpc) is 2.81. The second-order valence-corrected chi connectivity index (χ2v) is 10.3. The summed E-state index contributed by atoms with van der Waals surface area (Å²) in [7, 11) is -3.71. The lowest BCUT2D eigenvalue weighted by molar-refractivity contribution is -0.118. The highest BCUT2D eigenvalue weighted by Gasteiger charge is 2.40. The molecule has 1 aliphatic rings. The van der Waals surface area contributed by atoms with Crippen LogP contribution < -0.4 is 10.6 Å². The van der Waals surface area contributed by atoms with Gasteiger partial charge in [-0.05, 0) is 54.3 Å². The topological polar surface area (TPSA) is 109 Å². The van der Waals surface area contributed by atoms with Gasteiger partial charge in [0.2, 0.25) is 11.8 Å². The van der Waals surface area contributed by atoms with Crippen LogP contribution in [-0.4, -0.2) is 31.8 Å². The number of ketones is 1. The van der Waals surface area contributed by atoms with Crippen molar-refractivity contribution in [2.45, 2.75) is 24.7 Å². The molecular weight excluding hydrogens is 452 g/mol. The Morgan fingerprint density at radius 2 is 1.35 bits per heavy atom. The number of hydrogen-bond acceptors (Lipinski definition) is 5. The normalized spacial score (nSPS) is 16.4. The number of benzene rings is 3. The molecule has 8 heteroatoms. The van der Waals surface area contributed by atoms with Crippen LogP contribution in [0.2, 0.25) is 0 Å². The summed E-state index contributed by atoms with van der Waals surface area (Å²) in [5.41, 5.74) is 3.51. The van der Waals surface area contributed by atoms with Gasteiger partial charge in [0.05, 0.1) is 10.6 Å². The van der Waals surface area contributed by atoms with Gasteiger partial charge in [-0.2, -0.15) is 0 Å². The van der Waals surface area contributed by atoms with Crippen molar-refractivity contribution < 1.29 is 22.8 Å². The lowest BCUT2D eigenvalue weighted by Gasteiger charge is -2.22. The molecule has 174 valence electrons. The Hall–Kier alpha value is -3.78. The average molecular weight is 477 g/mol. The van der Waals surface area contributed by atoms with Crippen LogP contribution in [-0.2, 0) is 32.3 Å². The highest BCUT2D eigenvalue weighted by molar-refractivity contribution is 7.91. The first kappa shape index (κ1) is 23.4. The maximum atomic E-state index is 12.7. The number of aryl methyl sites for hydroxylation is 2. The minimum Gasteiger partial charge on any atom is -0.326 e. The Labute approximate surface area is 198 Å². The Bertz CT molecular complexity index is 1350. The molecule has 1 atom stereocenters. The monoisotopic (exact) mass is 476 g/mol. The van der Waals surface area contributed by atoms with E-state index in [9.17, 15) is 22.8 Å². The molecule has 0 aromatic heterocycles. The molecule has 0 saturated carbocycles.